The lowest BCUT2D eigenvalue weighted by Gasteiger charge is -2.24. The van der Waals surface area contributed by atoms with Gasteiger partial charge in [0.05, 0.1) is 0 Å². The molecule has 0 spiro atoms. The number of nitrogens with zero attached hydrogens (tertiary/aromatic N) is 1. The van der Waals surface area contributed by atoms with Gasteiger partial charge in [-0.05, 0) is 26.2 Å². The van der Waals surface area contributed by atoms with E-state index in [1.807, 2.05) is 6.92 Å². The molecule has 0 aromatic carbocycles. The van der Waals surface area contributed by atoms with Gasteiger partial charge in [-0.3, -0.25) is 0 Å². The third kappa shape index (κ3) is 6.47. The number of hydrogen-bond acceptors (Lipinski definition) is 2. The maximum atomic E-state index is 11.7. The van der Waals surface area contributed by atoms with E-state index in [0.717, 1.165) is 19.3 Å². The lowest BCUT2D eigenvalue weighted by molar-refractivity contribution is -0.141. The molecule has 2 amide bonds. The zero-order valence-electron chi connectivity index (χ0n) is 12.1. The Bertz CT molecular complexity index is 279. The largest absolute Gasteiger partial charge is 0.480 e. The van der Waals surface area contributed by atoms with E-state index in [2.05, 4.69) is 19.2 Å². The first kappa shape index (κ1) is 16.7. The van der Waals surface area contributed by atoms with Crippen molar-refractivity contribution in [1.29, 1.82) is 0 Å². The second-order valence-electron chi connectivity index (χ2n) is 5.30. The number of rotatable bonds is 7. The molecule has 5 nitrogen and oxygen atoms in total. The van der Waals surface area contributed by atoms with Crippen molar-refractivity contribution in [2.45, 2.75) is 59.0 Å². The molecule has 106 valence electrons. The maximum absolute atomic E-state index is 11.7. The minimum Gasteiger partial charge on any atom is -0.480 e. The van der Waals surface area contributed by atoms with Crippen LogP contribution in [0, 0.1) is 5.92 Å². The fraction of sp³-hybridized carbons (Fsp3) is 0.846. The van der Waals surface area contributed by atoms with Gasteiger partial charge in [-0.15, -0.1) is 0 Å². The van der Waals surface area contributed by atoms with Crippen molar-refractivity contribution in [2.24, 2.45) is 5.92 Å². The van der Waals surface area contributed by atoms with E-state index < -0.39 is 12.0 Å². The number of hydrogen-bond donors (Lipinski definition) is 2. The Hall–Kier alpha value is -1.26. The van der Waals surface area contributed by atoms with Gasteiger partial charge in [-0.1, -0.05) is 26.7 Å². The molecule has 18 heavy (non-hydrogen) atoms. The zero-order valence-corrected chi connectivity index (χ0v) is 12.1. The average molecular weight is 258 g/mol. The molecule has 0 aliphatic heterocycles. The minimum absolute atomic E-state index is 0.0692. The Balaban J connectivity index is 4.03. The maximum Gasteiger partial charge on any atom is 0.326 e. The second kappa shape index (κ2) is 7.95. The quantitative estimate of drug-likeness (QED) is 0.736. The number of aliphatic carboxylic acids is 1. The minimum atomic E-state index is -1.000. The molecular weight excluding hydrogens is 232 g/mol. The van der Waals surface area contributed by atoms with Crippen molar-refractivity contribution in [3.63, 3.8) is 0 Å². The third-order valence-corrected chi connectivity index (χ3v) is 3.05. The third-order valence-electron chi connectivity index (χ3n) is 3.05. The molecule has 0 heterocycles. The average Bonchev–Trinajstić information content (AvgIpc) is 2.26. The highest BCUT2D eigenvalue weighted by molar-refractivity contribution is 5.82. The number of nitrogens with one attached hydrogen (secondary N) is 1. The summed E-state index contributed by atoms with van der Waals surface area (Å²) in [5.41, 5.74) is 0. The van der Waals surface area contributed by atoms with Crippen molar-refractivity contribution in [3.8, 4) is 0 Å². The summed E-state index contributed by atoms with van der Waals surface area (Å²) in [7, 11) is 1.49. The van der Waals surface area contributed by atoms with Crippen LogP contribution in [-0.4, -0.2) is 41.1 Å². The predicted molar refractivity (Wildman–Crippen MR) is 71.5 cm³/mol. The molecule has 0 radical (unpaired) electrons. The van der Waals surface area contributed by atoms with E-state index in [0.29, 0.717) is 5.92 Å². The standard InChI is InChI=1S/C13H26N2O3/c1-9(2)7-6-8-10(3)14-13(18)15(5)11(4)12(16)17/h9-11H,6-8H2,1-5H3,(H,14,18)(H,16,17). The molecule has 0 rings (SSSR count). The molecule has 5 heteroatoms. The Morgan fingerprint density at radius 3 is 2.17 bits per heavy atom. The van der Waals surface area contributed by atoms with Gasteiger partial charge in [0.2, 0.25) is 0 Å². The number of carbonyl (C=O) groups excluding carboxylic acids is 1. The highest BCUT2D eigenvalue weighted by atomic mass is 16.4. The summed E-state index contributed by atoms with van der Waals surface area (Å²) in [5, 5.41) is 11.6. The molecule has 2 atom stereocenters. The van der Waals surface area contributed by atoms with Gasteiger partial charge in [-0.2, -0.15) is 0 Å². The monoisotopic (exact) mass is 258 g/mol. The summed E-state index contributed by atoms with van der Waals surface area (Å²) in [6.45, 7) is 7.78. The number of amides is 2. The van der Waals surface area contributed by atoms with Gasteiger partial charge in [0, 0.05) is 13.1 Å². The van der Waals surface area contributed by atoms with Crippen LogP contribution in [-0.2, 0) is 4.79 Å². The molecule has 0 aliphatic rings. The number of carboxylic acids is 1. The lowest BCUT2D eigenvalue weighted by Crippen LogP contribution is -2.48. The van der Waals surface area contributed by atoms with Gasteiger partial charge < -0.3 is 15.3 Å². The Morgan fingerprint density at radius 1 is 1.17 bits per heavy atom. The zero-order chi connectivity index (χ0) is 14.3. The first-order valence-corrected chi connectivity index (χ1v) is 6.51. The van der Waals surface area contributed by atoms with Gasteiger partial charge in [0.1, 0.15) is 6.04 Å². The summed E-state index contributed by atoms with van der Waals surface area (Å²) in [5.74, 6) is -0.331. The van der Waals surface area contributed by atoms with Crippen LogP contribution in [0.15, 0.2) is 0 Å². The molecule has 0 fully saturated rings. The normalized spacial score (nSPS) is 14.1. The van der Waals surface area contributed by atoms with Crippen LogP contribution < -0.4 is 5.32 Å². The Morgan fingerprint density at radius 2 is 1.72 bits per heavy atom. The van der Waals surface area contributed by atoms with Gasteiger partial charge >= 0.3 is 12.0 Å². The molecule has 2 N–H and O–H groups in total. The molecule has 0 aliphatic carbocycles. The summed E-state index contributed by atoms with van der Waals surface area (Å²) >= 11 is 0. The van der Waals surface area contributed by atoms with Gasteiger partial charge in [0.15, 0.2) is 0 Å². The molecule has 0 saturated carbocycles. The summed E-state index contributed by atoms with van der Waals surface area (Å²) < 4.78 is 0. The van der Waals surface area contributed by atoms with E-state index in [-0.39, 0.29) is 12.1 Å². The lowest BCUT2D eigenvalue weighted by atomic mass is 10.0. The number of carbonyl (C=O) groups is 2. The smallest absolute Gasteiger partial charge is 0.326 e. The SMILES string of the molecule is CC(C)CCCC(C)NC(=O)N(C)C(C)C(=O)O. The molecule has 0 aromatic heterocycles. The topological polar surface area (TPSA) is 69.6 Å². The highest BCUT2D eigenvalue weighted by Gasteiger charge is 2.22. The van der Waals surface area contributed by atoms with Crippen LogP contribution in [0.5, 0.6) is 0 Å². The van der Waals surface area contributed by atoms with Crippen LogP contribution in [0.4, 0.5) is 4.79 Å². The first-order chi connectivity index (χ1) is 8.25. The predicted octanol–water partition coefficient (Wildman–Crippen LogP) is 2.32. The van der Waals surface area contributed by atoms with E-state index in [9.17, 15) is 9.59 Å². The van der Waals surface area contributed by atoms with E-state index >= 15 is 0 Å². The Labute approximate surface area is 110 Å². The van der Waals surface area contributed by atoms with Crippen molar-refractivity contribution in [3.05, 3.63) is 0 Å². The molecule has 0 saturated heterocycles. The molecule has 0 bridgehead atoms. The van der Waals surface area contributed by atoms with Gasteiger partial charge in [0.25, 0.3) is 0 Å². The van der Waals surface area contributed by atoms with Crippen LogP contribution in [0.2, 0.25) is 0 Å². The molecule has 2 unspecified atom stereocenters. The second-order valence-corrected chi connectivity index (χ2v) is 5.30. The van der Waals surface area contributed by atoms with Crippen LogP contribution in [0.3, 0.4) is 0 Å². The van der Waals surface area contributed by atoms with Crippen LogP contribution in [0.25, 0.3) is 0 Å². The highest BCUT2D eigenvalue weighted by Crippen LogP contribution is 2.08. The fourth-order valence-corrected chi connectivity index (χ4v) is 1.56. The summed E-state index contributed by atoms with van der Waals surface area (Å²) in [4.78, 5) is 23.7. The van der Waals surface area contributed by atoms with Crippen LogP contribution >= 0.6 is 0 Å². The molecule has 0 aromatic rings. The van der Waals surface area contributed by atoms with Crippen molar-refractivity contribution >= 4 is 12.0 Å². The first-order valence-electron chi connectivity index (χ1n) is 6.51. The van der Waals surface area contributed by atoms with Crippen LogP contribution in [0.1, 0.15) is 47.0 Å². The van der Waals surface area contributed by atoms with E-state index in [1.165, 1.54) is 18.9 Å². The van der Waals surface area contributed by atoms with Crippen molar-refractivity contribution < 1.29 is 14.7 Å². The van der Waals surface area contributed by atoms with Crippen molar-refractivity contribution in [1.82, 2.24) is 10.2 Å². The number of urea groups is 1. The summed E-state index contributed by atoms with van der Waals surface area (Å²) in [6.07, 6.45) is 3.12. The Kier molecular flexibility index (Phi) is 7.39. The number of carboxylic acid groups (broad SMARTS) is 1. The summed E-state index contributed by atoms with van der Waals surface area (Å²) in [6, 6.07) is -1.07. The van der Waals surface area contributed by atoms with Gasteiger partial charge in [-0.25, -0.2) is 9.59 Å². The fourth-order valence-electron chi connectivity index (χ4n) is 1.56. The van der Waals surface area contributed by atoms with E-state index in [4.69, 9.17) is 5.11 Å². The number of likely N-dealkylation sites (N-methyl/N-ethyl adjacent to an activating group) is 1. The molecular formula is C13H26N2O3. The van der Waals surface area contributed by atoms with E-state index in [1.54, 1.807) is 0 Å². The van der Waals surface area contributed by atoms with Crippen molar-refractivity contribution in [2.75, 3.05) is 7.05 Å².